The number of nitrogens with zero attached hydrogens (tertiary/aromatic N) is 5. The van der Waals surface area contributed by atoms with Gasteiger partial charge in [0.15, 0.2) is 11.0 Å². The molecular weight excluding hydrogens is 807 g/mol. The number of likely N-dealkylation sites (tertiary alicyclic amines) is 1. The summed E-state index contributed by atoms with van der Waals surface area (Å²) in [5, 5.41) is 2.27. The van der Waals surface area contributed by atoms with Gasteiger partial charge in [-0.15, -0.1) is 17.9 Å². The maximum atomic E-state index is 15.4. The molecule has 2 saturated carbocycles. The van der Waals surface area contributed by atoms with E-state index < -0.39 is 68.1 Å². The summed E-state index contributed by atoms with van der Waals surface area (Å²) in [6.07, 6.45) is 1.99. The van der Waals surface area contributed by atoms with Crippen LogP contribution < -0.4 is 24.8 Å². The van der Waals surface area contributed by atoms with Gasteiger partial charge in [0.1, 0.15) is 40.6 Å². The molecule has 3 amide bonds. The molecule has 15 nitrogen and oxygen atoms in total. The maximum Gasteiger partial charge on any atom is 0.262 e. The number of benzene rings is 2. The summed E-state index contributed by atoms with van der Waals surface area (Å²) in [6, 6.07) is 12.6. The van der Waals surface area contributed by atoms with Crippen molar-refractivity contribution in [1.82, 2.24) is 24.6 Å². The number of aryl methyl sites for hydroxylation is 1. The summed E-state index contributed by atoms with van der Waals surface area (Å²) in [7, 11) is -3.95. The Hall–Kier alpha value is -5.55. The fourth-order valence-electron chi connectivity index (χ4n) is 8.15. The number of hydrogen-bond acceptors (Lipinski definition) is 13. The van der Waals surface area contributed by atoms with Crippen LogP contribution in [0.5, 0.6) is 11.6 Å². The molecule has 4 heterocycles. The van der Waals surface area contributed by atoms with Crippen molar-refractivity contribution < 1.29 is 36.7 Å². The van der Waals surface area contributed by atoms with Gasteiger partial charge in [-0.2, -0.15) is 4.98 Å². The number of para-hydroxylation sites is 1. The minimum absolute atomic E-state index is 0.00436. The van der Waals surface area contributed by atoms with E-state index >= 15 is 4.79 Å². The lowest BCUT2D eigenvalue weighted by molar-refractivity contribution is -0.141. The number of anilines is 1. The smallest absolute Gasteiger partial charge is 0.262 e. The van der Waals surface area contributed by atoms with E-state index in [1.54, 1.807) is 23.3 Å². The molecule has 0 spiro atoms. The fourth-order valence-corrected chi connectivity index (χ4v) is 10.4. The Bertz CT molecular complexity index is 2610. The van der Waals surface area contributed by atoms with Gasteiger partial charge in [0.05, 0.1) is 23.6 Å². The zero-order valence-corrected chi connectivity index (χ0v) is 36.0. The molecule has 1 aliphatic heterocycles. The molecule has 1 saturated heterocycles. The van der Waals surface area contributed by atoms with Crippen LogP contribution in [0.25, 0.3) is 33.5 Å². The van der Waals surface area contributed by atoms with Gasteiger partial charge in [-0.3, -0.25) is 19.1 Å². The van der Waals surface area contributed by atoms with Gasteiger partial charge >= 0.3 is 0 Å². The molecule has 2 aromatic carbocycles. The number of furan rings is 1. The zero-order chi connectivity index (χ0) is 42.9. The molecule has 5 atom stereocenters. The third-order valence-electron chi connectivity index (χ3n) is 11.2. The number of fused-ring (bicyclic) bond motifs is 3. The van der Waals surface area contributed by atoms with Gasteiger partial charge in [-0.1, -0.05) is 39.0 Å². The standard InChI is InChI=1S/C43H49N7O8S2/c1-8-26-20-43(26,40(53)48-60(54,55)29-17-18-29)50(41-45-24(4)22-59-41)35(42(5,6)7)39(52)49-21-28(19-31(49)36(44)51)57-38-34-33(30-11-9-10-12-32(30)58-34)46-37(47-38)25-13-15-27(16-14-25)56-23(2)3/h8-16,22-23,26,28-29,31,35H,1,17-21H2,2-7H3,(H2,44,51)(H,48,53)/t26-,28?,31?,35-,43-/m1/s1. The number of nitrogens with one attached hydrogen (secondary N) is 1. The van der Waals surface area contributed by atoms with Crippen molar-refractivity contribution in [2.75, 3.05) is 11.4 Å². The topological polar surface area (TPSA) is 200 Å². The van der Waals surface area contributed by atoms with Crippen molar-refractivity contribution in [3.63, 3.8) is 0 Å². The molecule has 2 aliphatic carbocycles. The van der Waals surface area contributed by atoms with Gasteiger partial charge < -0.3 is 29.4 Å². The van der Waals surface area contributed by atoms with Gasteiger partial charge in [-0.25, -0.2) is 18.4 Å². The van der Waals surface area contributed by atoms with E-state index in [0.717, 1.165) is 5.39 Å². The molecule has 60 heavy (non-hydrogen) atoms. The Morgan fingerprint density at radius 2 is 1.82 bits per heavy atom. The molecular formula is C43H49N7O8S2. The second-order valence-corrected chi connectivity index (χ2v) is 20.1. The Labute approximate surface area is 352 Å². The third-order valence-corrected chi connectivity index (χ3v) is 14.0. The number of carbonyl (C=O) groups excluding carboxylic acids is 3. The van der Waals surface area contributed by atoms with E-state index in [2.05, 4.69) is 11.3 Å². The van der Waals surface area contributed by atoms with Crippen molar-refractivity contribution in [3.05, 3.63) is 72.3 Å². The number of sulfonamides is 1. The molecule has 8 rings (SSSR count). The van der Waals surface area contributed by atoms with Gasteiger partial charge in [0, 0.05) is 28.7 Å². The van der Waals surface area contributed by atoms with Crippen molar-refractivity contribution >= 4 is 66.3 Å². The first-order chi connectivity index (χ1) is 28.4. The largest absolute Gasteiger partial charge is 0.491 e. The summed E-state index contributed by atoms with van der Waals surface area (Å²) in [5.74, 6) is -1.30. The summed E-state index contributed by atoms with van der Waals surface area (Å²) in [4.78, 5) is 60.5. The molecule has 3 N–H and O–H groups in total. The van der Waals surface area contributed by atoms with Crippen LogP contribution in [0, 0.1) is 18.3 Å². The van der Waals surface area contributed by atoms with Crippen molar-refractivity contribution in [3.8, 4) is 23.0 Å². The van der Waals surface area contributed by atoms with Gasteiger partial charge in [0.2, 0.25) is 27.4 Å². The minimum atomic E-state index is -3.95. The number of aromatic nitrogens is 3. The van der Waals surface area contributed by atoms with Gasteiger partial charge in [-0.05, 0) is 81.8 Å². The van der Waals surface area contributed by atoms with Crippen molar-refractivity contribution in [2.24, 2.45) is 17.1 Å². The fraction of sp³-hybridized carbons (Fsp3) is 0.442. The summed E-state index contributed by atoms with van der Waals surface area (Å²) >= 11 is 1.24. The van der Waals surface area contributed by atoms with Crippen molar-refractivity contribution in [1.29, 1.82) is 0 Å². The lowest BCUT2D eigenvalue weighted by Crippen LogP contribution is -2.64. The number of ether oxygens (including phenoxy) is 2. The molecule has 3 aliphatic rings. The van der Waals surface area contributed by atoms with Crippen molar-refractivity contribution in [2.45, 2.75) is 102 Å². The average Bonchev–Trinajstić information content (AvgIpc) is 4.05. The van der Waals surface area contributed by atoms with Crippen LogP contribution in [0.15, 0.2) is 71.0 Å². The van der Waals surface area contributed by atoms with Crippen LogP contribution in [-0.2, 0) is 24.4 Å². The quantitative estimate of drug-likeness (QED) is 0.126. The second-order valence-electron chi connectivity index (χ2n) is 17.3. The van der Waals surface area contributed by atoms with Crippen LogP contribution in [0.3, 0.4) is 0 Å². The van der Waals surface area contributed by atoms with Crippen LogP contribution in [0.2, 0.25) is 0 Å². The molecule has 0 radical (unpaired) electrons. The first kappa shape index (κ1) is 41.2. The van der Waals surface area contributed by atoms with E-state index in [1.807, 2.05) is 83.1 Å². The lowest BCUT2D eigenvalue weighted by Gasteiger charge is -2.45. The number of thiazole rings is 1. The predicted octanol–water partition coefficient (Wildman–Crippen LogP) is 5.90. The SMILES string of the molecule is C=C[C@@H]1C[C@@]1(C(=O)NS(=O)(=O)C1CC1)N(c1nc(C)cs1)[C@H](C(=O)N1CC(Oc2nc(-c3ccc(OC(C)C)cc3)nc3c2oc2ccccc23)CC1C(N)=O)C(C)(C)C. The highest BCUT2D eigenvalue weighted by atomic mass is 32.2. The number of hydrogen-bond donors (Lipinski definition) is 2. The lowest BCUT2D eigenvalue weighted by atomic mass is 9.83. The van der Waals surface area contributed by atoms with Gasteiger partial charge in [0.25, 0.3) is 11.8 Å². The molecule has 5 aromatic rings. The second kappa shape index (κ2) is 15.2. The monoisotopic (exact) mass is 855 g/mol. The van der Waals surface area contributed by atoms with Crippen LogP contribution in [0.1, 0.15) is 66.0 Å². The first-order valence-corrected chi connectivity index (χ1v) is 22.5. The molecule has 3 aromatic heterocycles. The highest BCUT2D eigenvalue weighted by molar-refractivity contribution is 7.91. The number of nitrogens with two attached hydrogens (primary N) is 1. The number of carbonyl (C=O) groups is 3. The summed E-state index contributed by atoms with van der Waals surface area (Å²) < 4.78 is 47.4. The van der Waals surface area contributed by atoms with E-state index in [0.29, 0.717) is 57.5 Å². The number of amides is 3. The predicted molar refractivity (Wildman–Crippen MR) is 228 cm³/mol. The molecule has 3 fully saturated rings. The van der Waals surface area contributed by atoms with E-state index in [9.17, 15) is 18.0 Å². The average molecular weight is 856 g/mol. The minimum Gasteiger partial charge on any atom is -0.491 e. The zero-order valence-electron chi connectivity index (χ0n) is 34.4. The highest BCUT2D eigenvalue weighted by Crippen LogP contribution is 2.55. The Morgan fingerprint density at radius 3 is 2.42 bits per heavy atom. The Morgan fingerprint density at radius 1 is 1.10 bits per heavy atom. The Kier molecular flexibility index (Phi) is 10.4. The van der Waals surface area contributed by atoms with Crippen LogP contribution >= 0.6 is 11.3 Å². The number of rotatable bonds is 14. The van der Waals surface area contributed by atoms with Crippen LogP contribution in [-0.4, -0.2) is 87.6 Å². The van der Waals surface area contributed by atoms with E-state index in [-0.39, 0.29) is 31.4 Å². The normalized spacial score (nSPS) is 22.2. The molecule has 17 heteroatoms. The summed E-state index contributed by atoms with van der Waals surface area (Å²) in [5.41, 5.74) is 6.41. The maximum absolute atomic E-state index is 15.4. The molecule has 316 valence electrons. The molecule has 2 unspecified atom stereocenters. The van der Waals surface area contributed by atoms with Crippen LogP contribution in [0.4, 0.5) is 5.13 Å². The van der Waals surface area contributed by atoms with E-state index in [1.165, 1.54) is 16.2 Å². The molecule has 0 bridgehead atoms. The number of primary amides is 1. The third kappa shape index (κ3) is 7.57. The first-order valence-electron chi connectivity index (χ1n) is 20.0. The summed E-state index contributed by atoms with van der Waals surface area (Å²) in [6.45, 7) is 15.2. The highest BCUT2D eigenvalue weighted by Gasteiger charge is 2.68. The van der Waals surface area contributed by atoms with E-state index in [4.69, 9.17) is 34.6 Å². The Balaban J connectivity index is 1.16.